The smallest absolute Gasteiger partial charge is 0.265 e. The summed E-state index contributed by atoms with van der Waals surface area (Å²) in [5.41, 5.74) is 2.32. The van der Waals surface area contributed by atoms with E-state index >= 15 is 0 Å². The van der Waals surface area contributed by atoms with E-state index in [9.17, 15) is 19.8 Å². The van der Waals surface area contributed by atoms with Crippen LogP contribution in [0.15, 0.2) is 89.7 Å². The number of phenols is 1. The van der Waals surface area contributed by atoms with Gasteiger partial charge in [-0.2, -0.15) is 0 Å². The number of hydrogen-bond acceptors (Lipinski definition) is 5. The van der Waals surface area contributed by atoms with Crippen molar-refractivity contribution in [3.63, 3.8) is 0 Å². The molecule has 0 bridgehead atoms. The van der Waals surface area contributed by atoms with E-state index in [4.69, 9.17) is 0 Å². The highest BCUT2D eigenvalue weighted by Crippen LogP contribution is 2.30. The molecule has 0 amide bonds. The second-order valence-corrected chi connectivity index (χ2v) is 8.24. The second kappa shape index (κ2) is 9.67. The first-order valence-corrected chi connectivity index (χ1v) is 11.0. The number of nitrogens with one attached hydrogen (secondary N) is 1. The van der Waals surface area contributed by atoms with E-state index in [1.54, 1.807) is 43.5 Å². The molecule has 1 unspecified atom stereocenters. The number of benzene rings is 3. The van der Waals surface area contributed by atoms with Crippen LogP contribution in [0.25, 0.3) is 10.9 Å². The number of aromatic nitrogens is 1. The minimum Gasteiger partial charge on any atom is -0.506 e. The molecule has 0 aliphatic carbocycles. The first-order chi connectivity index (χ1) is 16.4. The van der Waals surface area contributed by atoms with E-state index in [-0.39, 0.29) is 23.1 Å². The molecular weight excluding hydrogens is 428 g/mol. The minimum atomic E-state index is -0.561. The summed E-state index contributed by atoms with van der Waals surface area (Å²) in [6.45, 7) is 1.94. The van der Waals surface area contributed by atoms with E-state index in [2.05, 4.69) is 5.32 Å². The Kier molecular flexibility index (Phi) is 6.50. The third kappa shape index (κ3) is 4.57. The normalized spacial score (nSPS) is 12.2. The highest BCUT2D eigenvalue weighted by Gasteiger charge is 2.19. The second-order valence-electron chi connectivity index (χ2n) is 8.24. The number of carbonyl (C=O) groups is 1. The van der Waals surface area contributed by atoms with E-state index in [1.165, 1.54) is 10.6 Å². The molecule has 0 radical (unpaired) electrons. The van der Waals surface area contributed by atoms with Crippen molar-refractivity contribution in [1.82, 2.24) is 4.57 Å². The van der Waals surface area contributed by atoms with Gasteiger partial charge >= 0.3 is 0 Å². The van der Waals surface area contributed by atoms with Crippen LogP contribution in [0.2, 0.25) is 0 Å². The SMILES string of the molecule is Cc1ccc(O)c(NC(C/C=C/C(=O)c2c(O)c3ccccc3n(C)c2=O)c2ccccc2)c1. The number of aromatic hydroxyl groups is 2. The molecule has 1 heterocycles. The lowest BCUT2D eigenvalue weighted by molar-refractivity contribution is 0.104. The van der Waals surface area contributed by atoms with Crippen molar-refractivity contribution in [2.75, 3.05) is 5.32 Å². The van der Waals surface area contributed by atoms with Gasteiger partial charge in [-0.3, -0.25) is 9.59 Å². The van der Waals surface area contributed by atoms with Gasteiger partial charge in [0.1, 0.15) is 17.1 Å². The third-order valence-corrected chi connectivity index (χ3v) is 5.85. The first kappa shape index (κ1) is 22.9. The van der Waals surface area contributed by atoms with Gasteiger partial charge < -0.3 is 20.1 Å². The third-order valence-electron chi connectivity index (χ3n) is 5.85. The summed E-state index contributed by atoms with van der Waals surface area (Å²) in [6.07, 6.45) is 3.41. The van der Waals surface area contributed by atoms with E-state index in [0.717, 1.165) is 11.1 Å². The number of carbonyl (C=O) groups excluding carboxylic acids is 1. The molecule has 0 saturated heterocycles. The van der Waals surface area contributed by atoms with Crippen LogP contribution in [0.4, 0.5) is 5.69 Å². The van der Waals surface area contributed by atoms with Crippen LogP contribution in [-0.4, -0.2) is 20.6 Å². The molecule has 0 aliphatic heterocycles. The maximum atomic E-state index is 12.9. The Morgan fingerprint density at radius 2 is 1.74 bits per heavy atom. The molecule has 172 valence electrons. The number of para-hydroxylation sites is 1. The van der Waals surface area contributed by atoms with E-state index < -0.39 is 11.3 Å². The Bertz CT molecular complexity index is 1440. The fourth-order valence-electron chi connectivity index (χ4n) is 4.01. The Morgan fingerprint density at radius 1 is 1.03 bits per heavy atom. The van der Waals surface area contributed by atoms with Crippen LogP contribution in [0, 0.1) is 6.92 Å². The lowest BCUT2D eigenvalue weighted by Crippen LogP contribution is -2.24. The van der Waals surface area contributed by atoms with Crippen LogP contribution in [0.5, 0.6) is 11.5 Å². The lowest BCUT2D eigenvalue weighted by Gasteiger charge is -2.20. The predicted octanol–water partition coefficient (Wildman–Crippen LogP) is 5.24. The van der Waals surface area contributed by atoms with Crippen molar-refractivity contribution >= 4 is 22.4 Å². The number of allylic oxidation sites excluding steroid dienone is 1. The summed E-state index contributed by atoms with van der Waals surface area (Å²) >= 11 is 0. The van der Waals surface area contributed by atoms with E-state index in [1.807, 2.05) is 49.4 Å². The number of phenolic OH excluding ortho intramolecular Hbond substituents is 1. The van der Waals surface area contributed by atoms with Gasteiger partial charge in [-0.05, 0) is 54.8 Å². The molecule has 3 aromatic carbocycles. The van der Waals surface area contributed by atoms with Crippen molar-refractivity contribution in [2.45, 2.75) is 19.4 Å². The van der Waals surface area contributed by atoms with Crippen LogP contribution >= 0.6 is 0 Å². The van der Waals surface area contributed by atoms with Crippen molar-refractivity contribution in [1.29, 1.82) is 0 Å². The van der Waals surface area contributed by atoms with Gasteiger partial charge in [0, 0.05) is 12.4 Å². The topological polar surface area (TPSA) is 91.6 Å². The van der Waals surface area contributed by atoms with Crippen LogP contribution in [-0.2, 0) is 7.05 Å². The molecule has 4 rings (SSSR count). The summed E-state index contributed by atoms with van der Waals surface area (Å²) in [5.74, 6) is -0.735. The van der Waals surface area contributed by atoms with Crippen LogP contribution in [0.3, 0.4) is 0 Å². The average Bonchev–Trinajstić information content (AvgIpc) is 2.85. The van der Waals surface area contributed by atoms with Gasteiger partial charge in [0.15, 0.2) is 5.78 Å². The summed E-state index contributed by atoms with van der Waals surface area (Å²) in [5, 5.41) is 24.7. The standard InChI is InChI=1S/C28H26N2O4/c1-18-15-16-24(31)22(17-18)29-21(19-9-4-3-5-10-19)12-8-14-25(32)26-27(33)20-11-6-7-13-23(20)30(2)28(26)34/h3-11,13-17,21,29,31,33H,12H2,1-2H3/b14-8+. The molecule has 34 heavy (non-hydrogen) atoms. The first-order valence-electron chi connectivity index (χ1n) is 11.0. The zero-order valence-electron chi connectivity index (χ0n) is 19.0. The summed E-state index contributed by atoms with van der Waals surface area (Å²) in [4.78, 5) is 25.7. The largest absolute Gasteiger partial charge is 0.506 e. The highest BCUT2D eigenvalue weighted by atomic mass is 16.3. The van der Waals surface area contributed by atoms with Crippen LogP contribution < -0.4 is 10.9 Å². The number of fused-ring (bicyclic) bond motifs is 1. The number of aryl methyl sites for hydroxylation is 2. The number of anilines is 1. The predicted molar refractivity (Wildman–Crippen MR) is 135 cm³/mol. The number of pyridine rings is 1. The molecule has 0 spiro atoms. The number of ketones is 1. The van der Waals surface area contributed by atoms with Gasteiger partial charge in [-0.15, -0.1) is 0 Å². The Labute approximate surface area is 197 Å². The van der Waals surface area contributed by atoms with Gasteiger partial charge in [0.2, 0.25) is 0 Å². The molecule has 3 N–H and O–H groups in total. The van der Waals surface area contributed by atoms with Gasteiger partial charge in [0.25, 0.3) is 5.56 Å². The Morgan fingerprint density at radius 3 is 2.50 bits per heavy atom. The zero-order valence-corrected chi connectivity index (χ0v) is 19.0. The quantitative estimate of drug-likeness (QED) is 0.202. The van der Waals surface area contributed by atoms with Crippen molar-refractivity contribution < 1.29 is 15.0 Å². The molecule has 1 aromatic heterocycles. The average molecular weight is 455 g/mol. The highest BCUT2D eigenvalue weighted by molar-refractivity contribution is 6.09. The van der Waals surface area contributed by atoms with Crippen molar-refractivity contribution in [3.8, 4) is 11.5 Å². The number of rotatable bonds is 7. The number of nitrogens with zero attached hydrogens (tertiary/aromatic N) is 1. The monoisotopic (exact) mass is 454 g/mol. The van der Waals surface area contributed by atoms with Gasteiger partial charge in [0.05, 0.1) is 17.2 Å². The lowest BCUT2D eigenvalue weighted by atomic mass is 10.0. The zero-order chi connectivity index (χ0) is 24.2. The minimum absolute atomic E-state index is 0.135. The molecule has 0 saturated carbocycles. The molecular formula is C28H26N2O4. The Hall–Kier alpha value is -4.32. The van der Waals surface area contributed by atoms with Crippen molar-refractivity contribution in [2.24, 2.45) is 7.05 Å². The molecule has 0 aliphatic rings. The summed E-state index contributed by atoms with van der Waals surface area (Å²) in [6, 6.07) is 21.7. The molecule has 4 aromatic rings. The fourth-order valence-corrected chi connectivity index (χ4v) is 4.01. The van der Waals surface area contributed by atoms with Crippen molar-refractivity contribution in [3.05, 3.63) is 112 Å². The summed E-state index contributed by atoms with van der Waals surface area (Å²) < 4.78 is 1.37. The molecule has 1 atom stereocenters. The molecule has 6 heteroatoms. The Balaban J connectivity index is 1.62. The fraction of sp³-hybridized carbons (Fsp3) is 0.143. The van der Waals surface area contributed by atoms with Gasteiger partial charge in [-0.1, -0.05) is 54.6 Å². The maximum absolute atomic E-state index is 12.9. The van der Waals surface area contributed by atoms with Crippen LogP contribution in [0.1, 0.15) is 33.9 Å². The number of hydrogen-bond donors (Lipinski definition) is 3. The van der Waals surface area contributed by atoms with Gasteiger partial charge in [-0.25, -0.2) is 0 Å². The summed E-state index contributed by atoms with van der Waals surface area (Å²) in [7, 11) is 1.58. The van der Waals surface area contributed by atoms with E-state index in [0.29, 0.717) is 23.0 Å². The molecule has 0 fully saturated rings. The maximum Gasteiger partial charge on any atom is 0.265 e. The molecule has 6 nitrogen and oxygen atoms in total.